The second-order valence-electron chi connectivity index (χ2n) is 4.71. The smallest absolute Gasteiger partial charge is 0.0554 e. The topological polar surface area (TPSA) is 12.0 Å². The van der Waals surface area contributed by atoms with Crippen LogP contribution in [0.5, 0.6) is 0 Å². The number of halogens is 2. The molecule has 1 rings (SSSR count). The molecular weight excluding hydrogens is 286 g/mol. The van der Waals surface area contributed by atoms with Crippen molar-refractivity contribution in [3.63, 3.8) is 0 Å². The average molecular weight is 303 g/mol. The Morgan fingerprint density at radius 1 is 1.38 bits per heavy atom. The molecule has 1 nitrogen and oxygen atoms in total. The zero-order chi connectivity index (χ0) is 12.2. The van der Waals surface area contributed by atoms with Crippen LogP contribution in [0.25, 0.3) is 6.08 Å². The van der Waals surface area contributed by atoms with Gasteiger partial charge < -0.3 is 5.32 Å². The van der Waals surface area contributed by atoms with E-state index in [1.807, 2.05) is 18.2 Å². The third-order valence-electron chi connectivity index (χ3n) is 2.00. The maximum atomic E-state index is 6.00. The van der Waals surface area contributed by atoms with Gasteiger partial charge in [-0.1, -0.05) is 29.8 Å². The Labute approximate surface area is 111 Å². The fraction of sp³-hybridized carbons (Fsp3) is 0.385. The summed E-state index contributed by atoms with van der Waals surface area (Å²) < 4.78 is 0.930. The molecule has 0 heterocycles. The van der Waals surface area contributed by atoms with Crippen LogP contribution in [0.3, 0.4) is 0 Å². The Kier molecular flexibility index (Phi) is 5.03. The molecule has 0 aliphatic carbocycles. The minimum atomic E-state index is 0.154. The van der Waals surface area contributed by atoms with E-state index in [-0.39, 0.29) is 5.54 Å². The molecule has 0 aliphatic heterocycles. The Hall–Kier alpha value is -0.310. The Morgan fingerprint density at radius 2 is 2.06 bits per heavy atom. The number of benzene rings is 1. The van der Waals surface area contributed by atoms with Crippen molar-refractivity contribution in [1.29, 1.82) is 0 Å². The minimum Gasteiger partial charge on any atom is -0.309 e. The molecule has 0 radical (unpaired) electrons. The molecule has 0 bridgehead atoms. The van der Waals surface area contributed by atoms with Crippen molar-refractivity contribution in [1.82, 2.24) is 5.32 Å². The van der Waals surface area contributed by atoms with E-state index in [0.717, 1.165) is 21.6 Å². The molecular formula is C13H17BrClN. The predicted octanol–water partition coefficient (Wildman–Crippen LogP) is 4.50. The molecule has 0 atom stereocenters. The van der Waals surface area contributed by atoms with Crippen LogP contribution in [-0.2, 0) is 0 Å². The molecule has 1 aromatic carbocycles. The molecule has 0 aromatic heterocycles. The van der Waals surface area contributed by atoms with Crippen LogP contribution in [0.2, 0.25) is 5.02 Å². The standard InChI is InChI=1S/C13H17BrClN/c1-13(2,3)16-8-4-5-10-6-7-11(14)12(15)9-10/h4-7,9,16H,8H2,1-3H3/b5-4+. The van der Waals surface area contributed by atoms with Gasteiger partial charge in [0.25, 0.3) is 0 Å². The lowest BCUT2D eigenvalue weighted by Crippen LogP contribution is -2.35. The van der Waals surface area contributed by atoms with E-state index in [9.17, 15) is 0 Å². The quantitative estimate of drug-likeness (QED) is 0.866. The van der Waals surface area contributed by atoms with Crippen molar-refractivity contribution in [3.8, 4) is 0 Å². The first-order chi connectivity index (χ1) is 7.38. The van der Waals surface area contributed by atoms with Gasteiger partial charge in [0.15, 0.2) is 0 Å². The van der Waals surface area contributed by atoms with Crippen LogP contribution in [0.15, 0.2) is 28.7 Å². The zero-order valence-electron chi connectivity index (χ0n) is 9.85. The molecule has 0 saturated heterocycles. The molecule has 0 fully saturated rings. The molecule has 88 valence electrons. The summed E-state index contributed by atoms with van der Waals surface area (Å²) in [6, 6.07) is 5.93. The van der Waals surface area contributed by atoms with E-state index in [4.69, 9.17) is 11.6 Å². The van der Waals surface area contributed by atoms with Crippen LogP contribution in [-0.4, -0.2) is 12.1 Å². The SMILES string of the molecule is CC(C)(C)NC/C=C/c1ccc(Br)c(Cl)c1. The maximum Gasteiger partial charge on any atom is 0.0554 e. The first-order valence-corrected chi connectivity index (χ1v) is 6.42. The van der Waals surface area contributed by atoms with Gasteiger partial charge in [-0.25, -0.2) is 0 Å². The van der Waals surface area contributed by atoms with Gasteiger partial charge in [-0.2, -0.15) is 0 Å². The number of rotatable bonds is 3. The average Bonchev–Trinajstić information content (AvgIpc) is 2.17. The molecule has 0 aliphatic rings. The van der Waals surface area contributed by atoms with Crippen molar-refractivity contribution in [2.45, 2.75) is 26.3 Å². The van der Waals surface area contributed by atoms with Crippen molar-refractivity contribution >= 4 is 33.6 Å². The van der Waals surface area contributed by atoms with Gasteiger partial charge in [0.1, 0.15) is 0 Å². The van der Waals surface area contributed by atoms with Gasteiger partial charge in [0.05, 0.1) is 5.02 Å². The summed E-state index contributed by atoms with van der Waals surface area (Å²) in [4.78, 5) is 0. The van der Waals surface area contributed by atoms with E-state index in [1.54, 1.807) is 0 Å². The summed E-state index contributed by atoms with van der Waals surface area (Å²) in [5, 5.41) is 4.13. The van der Waals surface area contributed by atoms with Crippen LogP contribution in [0, 0.1) is 0 Å². The molecule has 0 spiro atoms. The highest BCUT2D eigenvalue weighted by molar-refractivity contribution is 9.10. The highest BCUT2D eigenvalue weighted by Crippen LogP contribution is 2.23. The van der Waals surface area contributed by atoms with Gasteiger partial charge in [0, 0.05) is 16.6 Å². The van der Waals surface area contributed by atoms with Crippen LogP contribution in [0.1, 0.15) is 26.3 Å². The Balaban J connectivity index is 2.53. The molecule has 1 aromatic rings. The van der Waals surface area contributed by atoms with Crippen molar-refractivity contribution in [2.24, 2.45) is 0 Å². The largest absolute Gasteiger partial charge is 0.309 e. The summed E-state index contributed by atoms with van der Waals surface area (Å²) in [7, 11) is 0. The first kappa shape index (κ1) is 13.8. The number of nitrogens with one attached hydrogen (secondary N) is 1. The third-order valence-corrected chi connectivity index (χ3v) is 3.24. The molecule has 1 N–H and O–H groups in total. The second kappa shape index (κ2) is 5.85. The third kappa shape index (κ3) is 5.15. The van der Waals surface area contributed by atoms with Crippen molar-refractivity contribution in [3.05, 3.63) is 39.3 Å². The number of hydrogen-bond donors (Lipinski definition) is 1. The van der Waals surface area contributed by atoms with Crippen molar-refractivity contribution in [2.75, 3.05) is 6.54 Å². The lowest BCUT2D eigenvalue weighted by Gasteiger charge is -2.18. The van der Waals surface area contributed by atoms with E-state index in [0.29, 0.717) is 0 Å². The monoisotopic (exact) mass is 301 g/mol. The molecule has 3 heteroatoms. The second-order valence-corrected chi connectivity index (χ2v) is 5.97. The summed E-state index contributed by atoms with van der Waals surface area (Å²) in [5.74, 6) is 0. The molecule has 16 heavy (non-hydrogen) atoms. The van der Waals surface area contributed by atoms with Gasteiger partial charge in [-0.05, 0) is 54.4 Å². The zero-order valence-corrected chi connectivity index (χ0v) is 12.2. The van der Waals surface area contributed by atoms with Gasteiger partial charge in [0.2, 0.25) is 0 Å². The fourth-order valence-electron chi connectivity index (χ4n) is 1.18. The van der Waals surface area contributed by atoms with E-state index in [1.165, 1.54) is 0 Å². The van der Waals surface area contributed by atoms with E-state index in [2.05, 4.69) is 54.2 Å². The van der Waals surface area contributed by atoms with E-state index < -0.39 is 0 Å². The van der Waals surface area contributed by atoms with Gasteiger partial charge in [-0.3, -0.25) is 0 Å². The highest BCUT2D eigenvalue weighted by Gasteiger charge is 2.05. The highest BCUT2D eigenvalue weighted by atomic mass is 79.9. The Morgan fingerprint density at radius 3 is 2.62 bits per heavy atom. The molecule has 0 saturated carbocycles. The maximum absolute atomic E-state index is 6.00. The summed E-state index contributed by atoms with van der Waals surface area (Å²) >= 11 is 9.37. The first-order valence-electron chi connectivity index (χ1n) is 5.25. The lowest BCUT2D eigenvalue weighted by atomic mass is 10.1. The minimum absolute atomic E-state index is 0.154. The van der Waals surface area contributed by atoms with Gasteiger partial charge in [-0.15, -0.1) is 0 Å². The summed E-state index contributed by atoms with van der Waals surface area (Å²) in [5.41, 5.74) is 1.27. The number of hydrogen-bond acceptors (Lipinski definition) is 1. The molecule has 0 unspecified atom stereocenters. The molecule has 0 amide bonds. The van der Waals surface area contributed by atoms with E-state index >= 15 is 0 Å². The fourth-order valence-corrected chi connectivity index (χ4v) is 1.61. The summed E-state index contributed by atoms with van der Waals surface area (Å²) in [6.45, 7) is 7.31. The Bertz CT molecular complexity index is 380. The van der Waals surface area contributed by atoms with Gasteiger partial charge >= 0.3 is 0 Å². The van der Waals surface area contributed by atoms with Crippen molar-refractivity contribution < 1.29 is 0 Å². The normalized spacial score (nSPS) is 12.3. The van der Waals surface area contributed by atoms with Crippen LogP contribution in [0.4, 0.5) is 0 Å². The summed E-state index contributed by atoms with van der Waals surface area (Å²) in [6.07, 6.45) is 4.17. The lowest BCUT2D eigenvalue weighted by molar-refractivity contribution is 0.450. The predicted molar refractivity (Wildman–Crippen MR) is 75.9 cm³/mol. The van der Waals surface area contributed by atoms with Crippen LogP contribution < -0.4 is 5.32 Å². The van der Waals surface area contributed by atoms with Crippen LogP contribution >= 0.6 is 27.5 Å².